The van der Waals surface area contributed by atoms with Gasteiger partial charge in [-0.15, -0.1) is 10.2 Å². The summed E-state index contributed by atoms with van der Waals surface area (Å²) in [4.78, 5) is 2.35. The van der Waals surface area contributed by atoms with Gasteiger partial charge in [0.2, 0.25) is 0 Å². The lowest BCUT2D eigenvalue weighted by Gasteiger charge is -2.42. The van der Waals surface area contributed by atoms with Gasteiger partial charge in [-0.1, -0.05) is 17.7 Å². The monoisotopic (exact) mass is 317 g/mol. The van der Waals surface area contributed by atoms with Gasteiger partial charge in [-0.05, 0) is 18.2 Å². The molecule has 4 rings (SSSR count). The molecule has 6 nitrogen and oxygen atoms in total. The first-order valence-electron chi connectivity index (χ1n) is 7.31. The molecule has 2 aromatic rings. The molecule has 1 saturated heterocycles. The quantitative estimate of drug-likeness (QED) is 0.743. The molecule has 0 bridgehead atoms. The number of rotatable bonds is 1. The van der Waals surface area contributed by atoms with Crippen LogP contribution < -0.4 is 15.5 Å². The van der Waals surface area contributed by atoms with E-state index in [-0.39, 0.29) is 5.75 Å². The number of aromatic nitrogens is 2. The van der Waals surface area contributed by atoms with E-state index in [1.54, 1.807) is 18.2 Å². The van der Waals surface area contributed by atoms with E-state index in [4.69, 9.17) is 11.6 Å². The van der Waals surface area contributed by atoms with Gasteiger partial charge in [-0.25, -0.2) is 0 Å². The van der Waals surface area contributed by atoms with Crippen molar-refractivity contribution in [2.24, 2.45) is 0 Å². The molecule has 22 heavy (non-hydrogen) atoms. The van der Waals surface area contributed by atoms with Gasteiger partial charge >= 0.3 is 0 Å². The number of anilines is 2. The molecule has 0 spiro atoms. The number of benzene rings is 1. The van der Waals surface area contributed by atoms with Crippen molar-refractivity contribution < 1.29 is 5.11 Å². The highest BCUT2D eigenvalue weighted by molar-refractivity contribution is 6.32. The summed E-state index contributed by atoms with van der Waals surface area (Å²) in [6.07, 6.45) is 0. The molecule has 1 atom stereocenters. The Morgan fingerprint density at radius 1 is 1.27 bits per heavy atom. The molecule has 0 aliphatic carbocycles. The number of hydrogen-bond donors (Lipinski definition) is 3. The smallest absolute Gasteiger partial charge is 0.172 e. The molecule has 7 heteroatoms. The number of hydrogen-bond acceptors (Lipinski definition) is 6. The Bertz CT molecular complexity index is 723. The lowest BCUT2D eigenvalue weighted by Crippen LogP contribution is -2.56. The third-order valence-corrected chi connectivity index (χ3v) is 4.51. The molecular formula is C15H16ClN5O. The Morgan fingerprint density at radius 2 is 2.18 bits per heavy atom. The maximum absolute atomic E-state index is 10.1. The van der Waals surface area contributed by atoms with Crippen LogP contribution in [0.25, 0.3) is 11.3 Å². The van der Waals surface area contributed by atoms with Crippen LogP contribution in [0.3, 0.4) is 0 Å². The SMILES string of the molecule is Oc1c(Cl)cccc1-c1cc2c(nn1)NCC1CNCCN21. The Labute approximate surface area is 133 Å². The van der Waals surface area contributed by atoms with E-state index in [0.717, 1.165) is 37.7 Å². The Balaban J connectivity index is 1.79. The van der Waals surface area contributed by atoms with Gasteiger partial charge in [-0.2, -0.15) is 0 Å². The lowest BCUT2D eigenvalue weighted by molar-refractivity contribution is 0.476. The highest BCUT2D eigenvalue weighted by Gasteiger charge is 2.29. The van der Waals surface area contributed by atoms with E-state index in [2.05, 4.69) is 25.7 Å². The molecule has 0 radical (unpaired) electrons. The summed E-state index contributed by atoms with van der Waals surface area (Å²) in [6.45, 7) is 3.70. The van der Waals surface area contributed by atoms with Crippen molar-refractivity contribution in [3.63, 3.8) is 0 Å². The fourth-order valence-corrected chi connectivity index (χ4v) is 3.23. The van der Waals surface area contributed by atoms with Gasteiger partial charge in [0.25, 0.3) is 0 Å². The first-order chi connectivity index (χ1) is 10.7. The summed E-state index contributed by atoms with van der Waals surface area (Å²) in [7, 11) is 0. The molecule has 1 aromatic heterocycles. The molecule has 1 aromatic carbocycles. The summed E-state index contributed by atoms with van der Waals surface area (Å²) in [6, 6.07) is 7.62. The van der Waals surface area contributed by atoms with Crippen LogP contribution in [0.2, 0.25) is 5.02 Å². The molecule has 3 N–H and O–H groups in total. The zero-order valence-corrected chi connectivity index (χ0v) is 12.6. The largest absolute Gasteiger partial charge is 0.506 e. The van der Waals surface area contributed by atoms with Crippen molar-refractivity contribution in [2.45, 2.75) is 6.04 Å². The number of piperazine rings is 1. The summed E-state index contributed by atoms with van der Waals surface area (Å²) in [5.74, 6) is 0.836. The average molecular weight is 318 g/mol. The molecule has 2 aliphatic rings. The predicted octanol–water partition coefficient (Wildman–Crippen LogP) is 1.71. The van der Waals surface area contributed by atoms with Crippen LogP contribution in [0.1, 0.15) is 0 Å². The van der Waals surface area contributed by atoms with Crippen LogP contribution in [-0.4, -0.2) is 47.5 Å². The Hall–Kier alpha value is -2.05. The average Bonchev–Trinajstić information content (AvgIpc) is 2.57. The van der Waals surface area contributed by atoms with Gasteiger partial charge in [0.05, 0.1) is 22.4 Å². The molecule has 2 aliphatic heterocycles. The number of fused-ring (bicyclic) bond motifs is 3. The van der Waals surface area contributed by atoms with E-state index >= 15 is 0 Å². The maximum Gasteiger partial charge on any atom is 0.172 e. The van der Waals surface area contributed by atoms with Crippen molar-refractivity contribution in [3.05, 3.63) is 29.3 Å². The topological polar surface area (TPSA) is 73.3 Å². The number of nitrogens with zero attached hydrogens (tertiary/aromatic N) is 3. The standard InChI is InChI=1S/C15H16ClN5O/c16-11-3-1-2-10(14(11)22)12-6-13-15(20-19-12)18-8-9-7-17-4-5-21(9)13/h1-3,6,9,17,22H,4-5,7-8H2,(H,18,20). The second kappa shape index (κ2) is 5.30. The fourth-order valence-electron chi connectivity index (χ4n) is 3.06. The van der Waals surface area contributed by atoms with Crippen molar-refractivity contribution in [2.75, 3.05) is 36.4 Å². The van der Waals surface area contributed by atoms with E-state index in [0.29, 0.717) is 22.3 Å². The van der Waals surface area contributed by atoms with Crippen molar-refractivity contribution in [3.8, 4) is 17.0 Å². The highest BCUT2D eigenvalue weighted by atomic mass is 35.5. The molecule has 1 unspecified atom stereocenters. The van der Waals surface area contributed by atoms with Gasteiger partial charge in [0.15, 0.2) is 5.82 Å². The first kappa shape index (κ1) is 13.6. The van der Waals surface area contributed by atoms with E-state index < -0.39 is 0 Å². The van der Waals surface area contributed by atoms with Gasteiger partial charge in [0.1, 0.15) is 5.75 Å². The molecule has 1 fully saturated rings. The maximum atomic E-state index is 10.1. The minimum absolute atomic E-state index is 0.0408. The molecule has 114 valence electrons. The zero-order chi connectivity index (χ0) is 15.1. The highest BCUT2D eigenvalue weighted by Crippen LogP contribution is 2.37. The van der Waals surface area contributed by atoms with Crippen LogP contribution >= 0.6 is 11.6 Å². The normalized spacial score (nSPS) is 20.0. The number of halogens is 1. The molecule has 0 amide bonds. The molecular weight excluding hydrogens is 302 g/mol. The number of aromatic hydroxyl groups is 1. The second-order valence-electron chi connectivity index (χ2n) is 5.53. The van der Waals surface area contributed by atoms with Crippen LogP contribution in [-0.2, 0) is 0 Å². The summed E-state index contributed by atoms with van der Waals surface area (Å²) < 4.78 is 0. The zero-order valence-electron chi connectivity index (χ0n) is 11.9. The molecule has 0 saturated carbocycles. The number of para-hydroxylation sites is 1. The lowest BCUT2D eigenvalue weighted by atomic mass is 10.1. The molecule has 3 heterocycles. The summed E-state index contributed by atoms with van der Waals surface area (Å²) >= 11 is 5.99. The summed E-state index contributed by atoms with van der Waals surface area (Å²) in [5.41, 5.74) is 2.25. The van der Waals surface area contributed by atoms with Crippen LogP contribution in [0, 0.1) is 0 Å². The number of phenols is 1. The minimum atomic E-state index is 0.0408. The third kappa shape index (κ3) is 2.15. The van der Waals surface area contributed by atoms with Crippen molar-refractivity contribution >= 4 is 23.1 Å². The van der Waals surface area contributed by atoms with Crippen molar-refractivity contribution in [1.29, 1.82) is 0 Å². The van der Waals surface area contributed by atoms with E-state index in [9.17, 15) is 5.11 Å². The van der Waals surface area contributed by atoms with Gasteiger partial charge < -0.3 is 20.6 Å². The van der Waals surface area contributed by atoms with E-state index in [1.807, 2.05) is 6.07 Å². The van der Waals surface area contributed by atoms with Gasteiger partial charge in [-0.3, -0.25) is 0 Å². The van der Waals surface area contributed by atoms with Gasteiger partial charge in [0, 0.05) is 31.7 Å². The van der Waals surface area contributed by atoms with E-state index in [1.165, 1.54) is 0 Å². The number of phenolic OH excluding ortho intramolecular Hbond substituents is 1. The first-order valence-corrected chi connectivity index (χ1v) is 7.68. The predicted molar refractivity (Wildman–Crippen MR) is 86.6 cm³/mol. The Morgan fingerprint density at radius 3 is 3.09 bits per heavy atom. The number of nitrogens with one attached hydrogen (secondary N) is 2. The third-order valence-electron chi connectivity index (χ3n) is 4.20. The van der Waals surface area contributed by atoms with Crippen LogP contribution in [0.15, 0.2) is 24.3 Å². The van der Waals surface area contributed by atoms with Crippen molar-refractivity contribution in [1.82, 2.24) is 15.5 Å². The van der Waals surface area contributed by atoms with Crippen LogP contribution in [0.5, 0.6) is 5.75 Å². The minimum Gasteiger partial charge on any atom is -0.506 e. The Kier molecular flexibility index (Phi) is 3.28. The van der Waals surface area contributed by atoms with Crippen LogP contribution in [0.4, 0.5) is 11.5 Å². The second-order valence-corrected chi connectivity index (χ2v) is 5.94. The fraction of sp³-hybridized carbons (Fsp3) is 0.333. The summed E-state index contributed by atoms with van der Waals surface area (Å²) in [5, 5.41) is 25.7.